The molecule has 0 bridgehead atoms. The first-order chi connectivity index (χ1) is 13.5. The van der Waals surface area contributed by atoms with Crippen molar-refractivity contribution in [3.05, 3.63) is 80.5 Å². The van der Waals surface area contributed by atoms with Gasteiger partial charge in [-0.1, -0.05) is 48.0 Å². The lowest BCUT2D eigenvalue weighted by molar-refractivity contribution is -0.131. The summed E-state index contributed by atoms with van der Waals surface area (Å²) in [5, 5.41) is 12.2. The number of benzene rings is 2. The van der Waals surface area contributed by atoms with Gasteiger partial charge in [0.25, 0.3) is 0 Å². The van der Waals surface area contributed by atoms with Crippen molar-refractivity contribution >= 4 is 34.8 Å². The fourth-order valence-electron chi connectivity index (χ4n) is 3.56. The van der Waals surface area contributed by atoms with Gasteiger partial charge in [-0.25, -0.2) is 4.79 Å². The topological polar surface area (TPSA) is 57.6 Å². The van der Waals surface area contributed by atoms with E-state index in [1.165, 1.54) is 16.9 Å². The summed E-state index contributed by atoms with van der Waals surface area (Å²) in [6, 6.07) is 15.2. The van der Waals surface area contributed by atoms with Crippen molar-refractivity contribution in [3.63, 3.8) is 0 Å². The van der Waals surface area contributed by atoms with Crippen molar-refractivity contribution in [1.82, 2.24) is 4.90 Å². The molecule has 1 aliphatic heterocycles. The molecule has 1 aromatic heterocycles. The van der Waals surface area contributed by atoms with Crippen LogP contribution in [0.5, 0.6) is 0 Å². The lowest BCUT2D eigenvalue weighted by Gasteiger charge is -2.28. The number of aromatic carboxylic acids is 1. The minimum absolute atomic E-state index is 0.0403. The number of amides is 1. The van der Waals surface area contributed by atoms with Crippen LogP contribution in [0, 0.1) is 0 Å². The van der Waals surface area contributed by atoms with Crippen molar-refractivity contribution in [3.8, 4) is 11.1 Å². The molecule has 0 fully saturated rings. The zero-order valence-electron chi connectivity index (χ0n) is 15.0. The predicted octanol–water partition coefficient (Wildman–Crippen LogP) is 4.89. The van der Waals surface area contributed by atoms with E-state index in [0.717, 1.165) is 17.5 Å². The van der Waals surface area contributed by atoms with Gasteiger partial charge in [0.1, 0.15) is 0 Å². The Labute approximate surface area is 172 Å². The molecular weight excluding hydrogens is 394 g/mol. The molecule has 2 aromatic carbocycles. The van der Waals surface area contributed by atoms with Gasteiger partial charge in [0, 0.05) is 28.6 Å². The number of hydrogen-bond donors (Lipinski definition) is 1. The monoisotopic (exact) mass is 411 g/mol. The van der Waals surface area contributed by atoms with Gasteiger partial charge in [0.05, 0.1) is 12.0 Å². The fraction of sp³-hybridized carbons (Fsp3) is 0.182. The van der Waals surface area contributed by atoms with E-state index in [2.05, 4.69) is 6.07 Å². The van der Waals surface area contributed by atoms with Gasteiger partial charge >= 0.3 is 5.97 Å². The van der Waals surface area contributed by atoms with Crippen LogP contribution < -0.4 is 0 Å². The summed E-state index contributed by atoms with van der Waals surface area (Å²) in [6.07, 6.45) is 0.927. The Bertz CT molecular complexity index is 1040. The molecule has 0 aliphatic carbocycles. The number of carboxylic acids is 1. The number of carbonyl (C=O) groups is 2. The molecule has 4 rings (SSSR count). The van der Waals surface area contributed by atoms with E-state index in [9.17, 15) is 14.7 Å². The Hall–Kier alpha value is -2.63. The van der Waals surface area contributed by atoms with Gasteiger partial charge in [-0.3, -0.25) is 4.79 Å². The van der Waals surface area contributed by atoms with Crippen LogP contribution in [0.1, 0.15) is 26.4 Å². The quantitative estimate of drug-likeness (QED) is 0.664. The number of carboxylic acid groups (broad SMARTS) is 1. The molecular formula is C22H18ClNO3S. The largest absolute Gasteiger partial charge is 0.478 e. The molecule has 1 N–H and O–H groups in total. The van der Waals surface area contributed by atoms with E-state index in [-0.39, 0.29) is 17.9 Å². The number of halogens is 1. The van der Waals surface area contributed by atoms with Crippen molar-refractivity contribution < 1.29 is 14.7 Å². The molecule has 0 saturated carbocycles. The van der Waals surface area contributed by atoms with Crippen LogP contribution in [0.15, 0.2) is 53.9 Å². The van der Waals surface area contributed by atoms with Crippen molar-refractivity contribution in [1.29, 1.82) is 0 Å². The highest BCUT2D eigenvalue weighted by Crippen LogP contribution is 2.33. The first-order valence-electron chi connectivity index (χ1n) is 8.97. The lowest BCUT2D eigenvalue weighted by atomic mass is 9.99. The predicted molar refractivity (Wildman–Crippen MR) is 111 cm³/mol. The van der Waals surface area contributed by atoms with Gasteiger partial charge in [0.2, 0.25) is 5.91 Å². The molecule has 2 heterocycles. The van der Waals surface area contributed by atoms with Crippen molar-refractivity contribution in [2.75, 3.05) is 6.54 Å². The summed E-state index contributed by atoms with van der Waals surface area (Å²) in [5.74, 6) is -1.06. The van der Waals surface area contributed by atoms with Crippen LogP contribution in [0.2, 0.25) is 5.02 Å². The van der Waals surface area contributed by atoms with Crippen LogP contribution in [0.4, 0.5) is 0 Å². The summed E-state index contributed by atoms with van der Waals surface area (Å²) in [6.45, 7) is 1.24. The molecule has 0 saturated heterocycles. The molecule has 3 aromatic rings. The van der Waals surface area contributed by atoms with E-state index in [4.69, 9.17) is 11.6 Å². The summed E-state index contributed by atoms with van der Waals surface area (Å²) in [4.78, 5) is 27.2. The standard InChI is InChI=1S/C22H18ClNO3S/c23-17-7-5-15(6-8-17)18-13-28-19(21(18)22(26)27)11-20(25)24-10-9-14-3-1-2-4-16(14)12-24/h1-8,13H,9-12H2,(H,26,27). The summed E-state index contributed by atoms with van der Waals surface area (Å²) < 4.78 is 0. The molecule has 0 spiro atoms. The van der Waals surface area contributed by atoms with Gasteiger partial charge in [-0.15, -0.1) is 11.3 Å². The average Bonchev–Trinajstić information content (AvgIpc) is 3.12. The summed E-state index contributed by atoms with van der Waals surface area (Å²) >= 11 is 7.25. The minimum atomic E-state index is -1.02. The number of nitrogens with zero attached hydrogens (tertiary/aromatic N) is 1. The fourth-order valence-corrected chi connectivity index (χ4v) is 4.72. The van der Waals surface area contributed by atoms with E-state index in [1.54, 1.807) is 29.6 Å². The molecule has 0 radical (unpaired) electrons. The Morgan fingerprint density at radius 1 is 1.07 bits per heavy atom. The van der Waals surface area contributed by atoms with Crippen LogP contribution >= 0.6 is 22.9 Å². The lowest BCUT2D eigenvalue weighted by Crippen LogP contribution is -2.36. The second-order valence-electron chi connectivity index (χ2n) is 6.77. The van der Waals surface area contributed by atoms with Crippen molar-refractivity contribution in [2.45, 2.75) is 19.4 Å². The van der Waals surface area contributed by atoms with Gasteiger partial charge in [-0.05, 0) is 40.6 Å². The van der Waals surface area contributed by atoms with Crippen molar-refractivity contribution in [2.24, 2.45) is 0 Å². The second-order valence-corrected chi connectivity index (χ2v) is 8.17. The Morgan fingerprint density at radius 2 is 1.79 bits per heavy atom. The van der Waals surface area contributed by atoms with Crippen LogP contribution in [0.25, 0.3) is 11.1 Å². The maximum absolute atomic E-state index is 12.9. The summed E-state index contributed by atoms with van der Waals surface area (Å²) in [7, 11) is 0. The highest BCUT2D eigenvalue weighted by atomic mass is 35.5. The third kappa shape index (κ3) is 3.68. The molecule has 142 valence electrons. The number of hydrogen-bond acceptors (Lipinski definition) is 3. The number of rotatable bonds is 4. The van der Waals surface area contributed by atoms with Gasteiger partial charge in [-0.2, -0.15) is 0 Å². The normalized spacial score (nSPS) is 13.2. The third-order valence-corrected chi connectivity index (χ3v) is 6.27. The highest BCUT2D eigenvalue weighted by Gasteiger charge is 2.25. The summed E-state index contributed by atoms with van der Waals surface area (Å²) in [5.41, 5.74) is 4.05. The maximum atomic E-state index is 12.9. The zero-order valence-corrected chi connectivity index (χ0v) is 16.6. The van der Waals surface area contributed by atoms with E-state index < -0.39 is 5.97 Å². The Kier molecular flexibility index (Phi) is 5.20. The zero-order chi connectivity index (χ0) is 19.7. The number of thiophene rings is 1. The molecule has 0 unspecified atom stereocenters. The minimum Gasteiger partial charge on any atom is -0.478 e. The average molecular weight is 412 g/mol. The third-order valence-electron chi connectivity index (χ3n) is 5.03. The van der Waals surface area contributed by atoms with Gasteiger partial charge in [0.15, 0.2) is 0 Å². The van der Waals surface area contributed by atoms with E-state index >= 15 is 0 Å². The Morgan fingerprint density at radius 3 is 2.50 bits per heavy atom. The number of fused-ring (bicyclic) bond motifs is 1. The van der Waals surface area contributed by atoms with Crippen LogP contribution in [0.3, 0.4) is 0 Å². The first kappa shape index (κ1) is 18.7. The van der Waals surface area contributed by atoms with Gasteiger partial charge < -0.3 is 10.0 Å². The molecule has 28 heavy (non-hydrogen) atoms. The molecule has 0 atom stereocenters. The molecule has 1 aliphatic rings. The first-order valence-corrected chi connectivity index (χ1v) is 10.2. The van der Waals surface area contributed by atoms with Crippen LogP contribution in [-0.4, -0.2) is 28.4 Å². The number of carbonyl (C=O) groups excluding carboxylic acids is 1. The van der Waals surface area contributed by atoms with E-state index in [1.807, 2.05) is 23.1 Å². The maximum Gasteiger partial charge on any atom is 0.337 e. The Balaban J connectivity index is 1.57. The van der Waals surface area contributed by atoms with Crippen LogP contribution in [-0.2, 0) is 24.2 Å². The molecule has 4 nitrogen and oxygen atoms in total. The smallest absolute Gasteiger partial charge is 0.337 e. The molecule has 1 amide bonds. The van der Waals surface area contributed by atoms with E-state index in [0.29, 0.717) is 28.6 Å². The highest BCUT2D eigenvalue weighted by molar-refractivity contribution is 7.11. The second kappa shape index (κ2) is 7.78. The molecule has 6 heteroatoms. The SMILES string of the molecule is O=C(O)c1c(-c2ccc(Cl)cc2)csc1CC(=O)N1CCc2ccccc2C1.